The third kappa shape index (κ3) is 6.58. The number of likely N-dealkylation sites (tertiary alicyclic amines) is 1. The molecule has 120 valence electrons. The Morgan fingerprint density at radius 3 is 1.75 bits per heavy atom. The molecule has 0 spiro atoms. The van der Waals surface area contributed by atoms with Crippen LogP contribution in [0.2, 0.25) is 0 Å². The minimum atomic E-state index is 0.110. The smallest absolute Gasteiger partial charge is 0.0435 e. The summed E-state index contributed by atoms with van der Waals surface area (Å²) in [6.07, 6.45) is 14.2. The maximum absolute atomic E-state index is 6.31. The van der Waals surface area contributed by atoms with Crippen LogP contribution in [0.4, 0.5) is 0 Å². The molecule has 0 bridgehead atoms. The van der Waals surface area contributed by atoms with Crippen LogP contribution in [0.15, 0.2) is 0 Å². The van der Waals surface area contributed by atoms with Crippen LogP contribution in [-0.2, 0) is 0 Å². The second-order valence-electron chi connectivity index (χ2n) is 7.28. The summed E-state index contributed by atoms with van der Waals surface area (Å²) in [6.45, 7) is 10.3. The fourth-order valence-electron chi connectivity index (χ4n) is 3.13. The first kappa shape index (κ1) is 18.0. The SMILES string of the molecule is CCCCCCCCCCCCN1CC(N)(C(C)C)C1. The third-order valence-corrected chi connectivity index (χ3v) is 5.01. The van der Waals surface area contributed by atoms with Crippen LogP contribution in [0.1, 0.15) is 85.0 Å². The molecule has 0 aromatic heterocycles. The monoisotopic (exact) mass is 282 g/mol. The van der Waals surface area contributed by atoms with E-state index in [2.05, 4.69) is 25.7 Å². The molecule has 2 heteroatoms. The molecule has 1 aliphatic rings. The summed E-state index contributed by atoms with van der Waals surface area (Å²) >= 11 is 0. The predicted octanol–water partition coefficient (Wildman–Crippen LogP) is 4.58. The highest BCUT2D eigenvalue weighted by molar-refractivity contribution is 5.01. The molecule has 0 aromatic carbocycles. The molecule has 0 saturated carbocycles. The lowest BCUT2D eigenvalue weighted by molar-refractivity contribution is 0.0366. The van der Waals surface area contributed by atoms with Crippen LogP contribution in [-0.4, -0.2) is 30.1 Å². The highest BCUT2D eigenvalue weighted by Gasteiger charge is 2.41. The van der Waals surface area contributed by atoms with Gasteiger partial charge in [0.1, 0.15) is 0 Å². The van der Waals surface area contributed by atoms with Gasteiger partial charge in [0.25, 0.3) is 0 Å². The van der Waals surface area contributed by atoms with Crippen molar-refractivity contribution in [3.8, 4) is 0 Å². The maximum atomic E-state index is 6.31. The van der Waals surface area contributed by atoms with Gasteiger partial charge in [-0.15, -0.1) is 0 Å². The summed E-state index contributed by atoms with van der Waals surface area (Å²) in [5.74, 6) is 0.617. The molecule has 0 amide bonds. The van der Waals surface area contributed by atoms with Crippen molar-refractivity contribution in [2.75, 3.05) is 19.6 Å². The average Bonchev–Trinajstić information content (AvgIpc) is 2.38. The summed E-state index contributed by atoms with van der Waals surface area (Å²) in [7, 11) is 0. The first-order valence-electron chi connectivity index (χ1n) is 9.09. The van der Waals surface area contributed by atoms with E-state index in [1.807, 2.05) is 0 Å². The number of unbranched alkanes of at least 4 members (excludes halogenated alkanes) is 9. The molecule has 0 unspecified atom stereocenters. The average molecular weight is 283 g/mol. The zero-order chi connectivity index (χ0) is 14.8. The van der Waals surface area contributed by atoms with Gasteiger partial charge < -0.3 is 5.73 Å². The Morgan fingerprint density at radius 1 is 0.850 bits per heavy atom. The van der Waals surface area contributed by atoms with Crippen molar-refractivity contribution < 1.29 is 0 Å². The quantitative estimate of drug-likeness (QED) is 0.531. The van der Waals surface area contributed by atoms with Gasteiger partial charge in [0.15, 0.2) is 0 Å². The van der Waals surface area contributed by atoms with Crippen LogP contribution in [0.3, 0.4) is 0 Å². The largest absolute Gasteiger partial charge is 0.323 e. The lowest BCUT2D eigenvalue weighted by Crippen LogP contribution is -2.69. The van der Waals surface area contributed by atoms with Crippen molar-refractivity contribution in [3.05, 3.63) is 0 Å². The summed E-state index contributed by atoms with van der Waals surface area (Å²) in [5.41, 5.74) is 6.42. The van der Waals surface area contributed by atoms with E-state index in [1.165, 1.54) is 70.8 Å². The Hall–Kier alpha value is -0.0800. The van der Waals surface area contributed by atoms with E-state index in [-0.39, 0.29) is 5.54 Å². The van der Waals surface area contributed by atoms with Gasteiger partial charge in [-0.05, 0) is 18.9 Å². The number of hydrogen-bond donors (Lipinski definition) is 1. The lowest BCUT2D eigenvalue weighted by atomic mass is 9.80. The maximum Gasteiger partial charge on any atom is 0.0435 e. The fourth-order valence-corrected chi connectivity index (χ4v) is 3.13. The molecule has 0 atom stereocenters. The molecular formula is C18H38N2. The number of nitrogens with two attached hydrogens (primary N) is 1. The molecule has 1 saturated heterocycles. The predicted molar refractivity (Wildman–Crippen MR) is 90.0 cm³/mol. The van der Waals surface area contributed by atoms with Crippen LogP contribution in [0.5, 0.6) is 0 Å². The van der Waals surface area contributed by atoms with Crippen molar-refractivity contribution in [2.24, 2.45) is 11.7 Å². The molecular weight excluding hydrogens is 244 g/mol. The molecule has 0 radical (unpaired) electrons. The fraction of sp³-hybridized carbons (Fsp3) is 1.00. The molecule has 1 rings (SSSR count). The molecule has 0 aliphatic carbocycles. The van der Waals surface area contributed by atoms with E-state index < -0.39 is 0 Å². The lowest BCUT2D eigenvalue weighted by Gasteiger charge is -2.50. The Labute approximate surface area is 127 Å². The Morgan fingerprint density at radius 2 is 1.30 bits per heavy atom. The molecule has 1 fully saturated rings. The van der Waals surface area contributed by atoms with Gasteiger partial charge in [-0.3, -0.25) is 4.90 Å². The molecule has 1 aliphatic heterocycles. The van der Waals surface area contributed by atoms with Crippen molar-refractivity contribution in [1.29, 1.82) is 0 Å². The molecule has 2 N–H and O–H groups in total. The minimum Gasteiger partial charge on any atom is -0.323 e. The Bertz CT molecular complexity index is 232. The van der Waals surface area contributed by atoms with Gasteiger partial charge in [-0.2, -0.15) is 0 Å². The Balaban J connectivity index is 1.80. The summed E-state index contributed by atoms with van der Waals surface area (Å²) < 4.78 is 0. The number of nitrogens with zero attached hydrogens (tertiary/aromatic N) is 1. The van der Waals surface area contributed by atoms with Gasteiger partial charge in [-0.1, -0.05) is 78.6 Å². The zero-order valence-electron chi connectivity index (χ0n) is 14.3. The highest BCUT2D eigenvalue weighted by atomic mass is 15.2. The molecule has 20 heavy (non-hydrogen) atoms. The van der Waals surface area contributed by atoms with E-state index in [0.29, 0.717) is 5.92 Å². The van der Waals surface area contributed by atoms with Crippen LogP contribution in [0, 0.1) is 5.92 Å². The summed E-state index contributed by atoms with van der Waals surface area (Å²) in [6, 6.07) is 0. The number of hydrogen-bond acceptors (Lipinski definition) is 2. The van der Waals surface area contributed by atoms with Crippen molar-refractivity contribution in [1.82, 2.24) is 4.90 Å². The van der Waals surface area contributed by atoms with Crippen LogP contribution >= 0.6 is 0 Å². The van der Waals surface area contributed by atoms with Gasteiger partial charge >= 0.3 is 0 Å². The van der Waals surface area contributed by atoms with Gasteiger partial charge in [-0.25, -0.2) is 0 Å². The van der Waals surface area contributed by atoms with Gasteiger partial charge in [0.2, 0.25) is 0 Å². The van der Waals surface area contributed by atoms with E-state index in [9.17, 15) is 0 Å². The van der Waals surface area contributed by atoms with Crippen LogP contribution in [0.25, 0.3) is 0 Å². The van der Waals surface area contributed by atoms with Crippen molar-refractivity contribution in [3.63, 3.8) is 0 Å². The van der Waals surface area contributed by atoms with E-state index in [0.717, 1.165) is 13.1 Å². The first-order valence-corrected chi connectivity index (χ1v) is 9.09. The van der Waals surface area contributed by atoms with Crippen LogP contribution < -0.4 is 5.73 Å². The molecule has 2 nitrogen and oxygen atoms in total. The van der Waals surface area contributed by atoms with Gasteiger partial charge in [0.05, 0.1) is 0 Å². The summed E-state index contributed by atoms with van der Waals surface area (Å²) in [4.78, 5) is 2.53. The topological polar surface area (TPSA) is 29.3 Å². The Kier molecular flexibility index (Phi) is 8.79. The third-order valence-electron chi connectivity index (χ3n) is 5.01. The standard InChI is InChI=1S/C18H38N2/c1-4-5-6-7-8-9-10-11-12-13-14-20-15-18(19,16-20)17(2)3/h17H,4-16,19H2,1-3H3. The van der Waals surface area contributed by atoms with Crippen molar-refractivity contribution >= 4 is 0 Å². The van der Waals surface area contributed by atoms with Gasteiger partial charge in [0, 0.05) is 18.6 Å². The van der Waals surface area contributed by atoms with E-state index >= 15 is 0 Å². The normalized spacial score (nSPS) is 18.4. The highest BCUT2D eigenvalue weighted by Crippen LogP contribution is 2.26. The van der Waals surface area contributed by atoms with Crippen molar-refractivity contribution in [2.45, 2.75) is 90.5 Å². The zero-order valence-corrected chi connectivity index (χ0v) is 14.3. The summed E-state index contributed by atoms with van der Waals surface area (Å²) in [5, 5.41) is 0. The minimum absolute atomic E-state index is 0.110. The molecule has 0 aromatic rings. The van der Waals surface area contributed by atoms with E-state index in [4.69, 9.17) is 5.73 Å². The van der Waals surface area contributed by atoms with E-state index in [1.54, 1.807) is 0 Å². The second kappa shape index (κ2) is 9.78. The molecule has 1 heterocycles. The number of rotatable bonds is 12. The first-order chi connectivity index (χ1) is 9.58. The second-order valence-corrected chi connectivity index (χ2v) is 7.28.